The number of benzene rings is 2. The molecule has 5 nitrogen and oxygen atoms in total. The molecule has 2 aromatic carbocycles. The predicted molar refractivity (Wildman–Crippen MR) is 111 cm³/mol. The van der Waals surface area contributed by atoms with Gasteiger partial charge in [-0.2, -0.15) is 0 Å². The molecule has 0 saturated carbocycles. The molecule has 1 aliphatic rings. The molecule has 1 unspecified atom stereocenters. The smallest absolute Gasteiger partial charge is 0.191 e. The van der Waals surface area contributed by atoms with Crippen LogP contribution in [0.3, 0.4) is 0 Å². The van der Waals surface area contributed by atoms with Gasteiger partial charge in [-0.05, 0) is 43.8 Å². The quantitative estimate of drug-likeness (QED) is 0.584. The second kappa shape index (κ2) is 9.42. The maximum absolute atomic E-state index is 6.01. The van der Waals surface area contributed by atoms with Crippen molar-refractivity contribution in [2.24, 2.45) is 4.99 Å². The van der Waals surface area contributed by atoms with Crippen LogP contribution >= 0.6 is 0 Å². The normalized spacial score (nSPS) is 16.1. The third kappa shape index (κ3) is 5.47. The highest BCUT2D eigenvalue weighted by molar-refractivity contribution is 5.79. The molecule has 0 fully saturated rings. The summed E-state index contributed by atoms with van der Waals surface area (Å²) in [6.45, 7) is 5.23. The lowest BCUT2D eigenvalue weighted by Gasteiger charge is -2.16. The van der Waals surface area contributed by atoms with Crippen LogP contribution in [-0.2, 0) is 19.5 Å². The number of aliphatic imine (C=N–C) groups is 1. The first-order chi connectivity index (χ1) is 13.2. The summed E-state index contributed by atoms with van der Waals surface area (Å²) in [5.74, 6) is 1.83. The summed E-state index contributed by atoms with van der Waals surface area (Å²) in [6.07, 6.45) is 1.08. The number of nitrogens with one attached hydrogen (secondary N) is 2. The van der Waals surface area contributed by atoms with Crippen LogP contribution in [0.1, 0.15) is 23.6 Å². The number of ether oxygens (including phenoxy) is 1. The van der Waals surface area contributed by atoms with E-state index in [1.165, 1.54) is 16.7 Å². The largest absolute Gasteiger partial charge is 0.488 e. The Hall–Kier alpha value is -2.53. The Morgan fingerprint density at radius 3 is 2.56 bits per heavy atom. The molecule has 1 aliphatic heterocycles. The molecule has 0 amide bonds. The molecule has 0 bridgehead atoms. The Balaban J connectivity index is 1.59. The van der Waals surface area contributed by atoms with E-state index in [2.05, 4.69) is 73.0 Å². The van der Waals surface area contributed by atoms with Gasteiger partial charge in [0.25, 0.3) is 0 Å². The van der Waals surface area contributed by atoms with E-state index in [0.29, 0.717) is 6.54 Å². The number of hydrogen-bond donors (Lipinski definition) is 2. The van der Waals surface area contributed by atoms with Gasteiger partial charge in [0.2, 0.25) is 0 Å². The molecule has 144 valence electrons. The van der Waals surface area contributed by atoms with Crippen LogP contribution < -0.4 is 15.4 Å². The Bertz CT molecular complexity index is 747. The molecule has 1 heterocycles. The lowest BCUT2D eigenvalue weighted by molar-refractivity contribution is 0.235. The summed E-state index contributed by atoms with van der Waals surface area (Å²) in [7, 11) is 4.18. The van der Waals surface area contributed by atoms with E-state index in [9.17, 15) is 0 Å². The maximum Gasteiger partial charge on any atom is 0.191 e. The van der Waals surface area contributed by atoms with Gasteiger partial charge in [0.1, 0.15) is 11.9 Å². The van der Waals surface area contributed by atoms with E-state index < -0.39 is 0 Å². The molecule has 0 spiro atoms. The van der Waals surface area contributed by atoms with Crippen LogP contribution in [0.2, 0.25) is 0 Å². The second-order valence-electron chi connectivity index (χ2n) is 7.13. The van der Waals surface area contributed by atoms with Gasteiger partial charge in [-0.3, -0.25) is 0 Å². The SMILES string of the molecule is CCNC(=NCc1ccccc1CN(C)C)NCC1Cc2ccccc2O1. The molecule has 0 aromatic heterocycles. The number of rotatable bonds is 7. The van der Waals surface area contributed by atoms with E-state index in [1.807, 2.05) is 12.1 Å². The molecular formula is C22H30N4O. The van der Waals surface area contributed by atoms with E-state index >= 15 is 0 Å². The molecular weight excluding hydrogens is 336 g/mol. The van der Waals surface area contributed by atoms with Crippen molar-refractivity contribution >= 4 is 5.96 Å². The molecule has 5 heteroatoms. The lowest BCUT2D eigenvalue weighted by atomic mass is 10.1. The minimum absolute atomic E-state index is 0.146. The fourth-order valence-corrected chi connectivity index (χ4v) is 3.29. The van der Waals surface area contributed by atoms with Gasteiger partial charge in [-0.25, -0.2) is 4.99 Å². The van der Waals surface area contributed by atoms with Crippen molar-refractivity contribution in [1.82, 2.24) is 15.5 Å². The van der Waals surface area contributed by atoms with Gasteiger partial charge >= 0.3 is 0 Å². The molecule has 0 aliphatic carbocycles. The van der Waals surface area contributed by atoms with E-state index in [4.69, 9.17) is 9.73 Å². The standard InChI is InChI=1S/C22H30N4O/c1-4-23-22(24-14-18-10-5-6-11-19(18)16-26(2)3)25-15-20-13-17-9-7-8-12-21(17)27-20/h5-12,20H,4,13-16H2,1-3H3,(H2,23,24,25). The minimum atomic E-state index is 0.146. The van der Waals surface area contributed by atoms with E-state index in [0.717, 1.165) is 37.8 Å². The molecule has 0 radical (unpaired) electrons. The Morgan fingerprint density at radius 1 is 1.07 bits per heavy atom. The van der Waals surface area contributed by atoms with Gasteiger partial charge in [0.15, 0.2) is 5.96 Å². The van der Waals surface area contributed by atoms with Crippen LogP contribution in [0.5, 0.6) is 5.75 Å². The second-order valence-corrected chi connectivity index (χ2v) is 7.13. The summed E-state index contributed by atoms with van der Waals surface area (Å²) < 4.78 is 6.01. The van der Waals surface area contributed by atoms with Crippen LogP contribution in [0.15, 0.2) is 53.5 Å². The Kier molecular flexibility index (Phi) is 6.71. The molecule has 27 heavy (non-hydrogen) atoms. The summed E-state index contributed by atoms with van der Waals surface area (Å²) in [5.41, 5.74) is 3.86. The van der Waals surface area contributed by atoms with Crippen molar-refractivity contribution in [3.05, 3.63) is 65.2 Å². The molecule has 2 aromatic rings. The summed E-state index contributed by atoms with van der Waals surface area (Å²) in [6, 6.07) is 16.8. The molecule has 3 rings (SSSR count). The van der Waals surface area contributed by atoms with Crippen molar-refractivity contribution in [2.45, 2.75) is 32.5 Å². The highest BCUT2D eigenvalue weighted by Gasteiger charge is 2.22. The summed E-state index contributed by atoms with van der Waals surface area (Å²) in [4.78, 5) is 6.96. The van der Waals surface area contributed by atoms with Gasteiger partial charge in [0.05, 0.1) is 13.1 Å². The first kappa shape index (κ1) is 19.2. The topological polar surface area (TPSA) is 48.9 Å². The minimum Gasteiger partial charge on any atom is -0.488 e. The number of fused-ring (bicyclic) bond motifs is 1. The highest BCUT2D eigenvalue weighted by Crippen LogP contribution is 2.27. The number of nitrogens with zero attached hydrogens (tertiary/aromatic N) is 2. The van der Waals surface area contributed by atoms with E-state index in [-0.39, 0.29) is 6.10 Å². The average molecular weight is 367 g/mol. The fraction of sp³-hybridized carbons (Fsp3) is 0.409. The number of hydrogen-bond acceptors (Lipinski definition) is 3. The van der Waals surface area contributed by atoms with Gasteiger partial charge in [0, 0.05) is 19.5 Å². The Morgan fingerprint density at radius 2 is 1.81 bits per heavy atom. The van der Waals surface area contributed by atoms with Gasteiger partial charge < -0.3 is 20.3 Å². The zero-order valence-corrected chi connectivity index (χ0v) is 16.5. The predicted octanol–water partition coefficient (Wildman–Crippen LogP) is 2.81. The van der Waals surface area contributed by atoms with Crippen molar-refractivity contribution < 1.29 is 4.74 Å². The van der Waals surface area contributed by atoms with Gasteiger partial charge in [-0.1, -0.05) is 42.5 Å². The van der Waals surface area contributed by atoms with Crippen molar-refractivity contribution in [1.29, 1.82) is 0 Å². The Labute approximate surface area is 162 Å². The molecule has 1 atom stereocenters. The van der Waals surface area contributed by atoms with Crippen LogP contribution in [0, 0.1) is 0 Å². The zero-order chi connectivity index (χ0) is 19.1. The lowest BCUT2D eigenvalue weighted by Crippen LogP contribution is -2.42. The zero-order valence-electron chi connectivity index (χ0n) is 16.5. The third-order valence-electron chi connectivity index (χ3n) is 4.57. The van der Waals surface area contributed by atoms with Crippen molar-refractivity contribution in [3.63, 3.8) is 0 Å². The van der Waals surface area contributed by atoms with Crippen molar-refractivity contribution in [3.8, 4) is 5.75 Å². The number of guanidine groups is 1. The molecule has 2 N–H and O–H groups in total. The maximum atomic E-state index is 6.01. The van der Waals surface area contributed by atoms with Crippen LogP contribution in [0.4, 0.5) is 0 Å². The third-order valence-corrected chi connectivity index (χ3v) is 4.57. The average Bonchev–Trinajstić information content (AvgIpc) is 3.07. The first-order valence-electron chi connectivity index (χ1n) is 9.64. The molecule has 0 saturated heterocycles. The number of para-hydroxylation sites is 1. The van der Waals surface area contributed by atoms with Crippen LogP contribution in [-0.4, -0.2) is 44.1 Å². The van der Waals surface area contributed by atoms with Crippen molar-refractivity contribution in [2.75, 3.05) is 27.2 Å². The fourth-order valence-electron chi connectivity index (χ4n) is 3.29. The highest BCUT2D eigenvalue weighted by atomic mass is 16.5. The van der Waals surface area contributed by atoms with Gasteiger partial charge in [-0.15, -0.1) is 0 Å². The van der Waals surface area contributed by atoms with Crippen LogP contribution in [0.25, 0.3) is 0 Å². The monoisotopic (exact) mass is 366 g/mol. The first-order valence-corrected chi connectivity index (χ1v) is 9.64. The van der Waals surface area contributed by atoms with E-state index in [1.54, 1.807) is 0 Å². The summed E-state index contributed by atoms with van der Waals surface area (Å²) >= 11 is 0. The summed E-state index contributed by atoms with van der Waals surface area (Å²) in [5, 5.41) is 6.76.